The number of hydrogen-bond acceptors (Lipinski definition) is 4. The summed E-state index contributed by atoms with van der Waals surface area (Å²) >= 11 is 0. The average Bonchev–Trinajstić information content (AvgIpc) is 2.90. The second kappa shape index (κ2) is 14.5. The quantitative estimate of drug-likeness (QED) is 0.458. The average molecular weight is 480 g/mol. The summed E-state index contributed by atoms with van der Waals surface area (Å²) < 4.78 is 5.95. The second-order valence-electron chi connectivity index (χ2n) is 9.32. The van der Waals surface area contributed by atoms with E-state index < -0.39 is 6.04 Å². The molecule has 190 valence electrons. The molecule has 1 fully saturated rings. The molecule has 2 aromatic carbocycles. The Bertz CT molecular complexity index is 889. The van der Waals surface area contributed by atoms with E-state index in [-0.39, 0.29) is 11.8 Å². The minimum absolute atomic E-state index is 0.0279. The zero-order valence-corrected chi connectivity index (χ0v) is 21.4. The van der Waals surface area contributed by atoms with Gasteiger partial charge in [-0.1, -0.05) is 50.6 Å². The summed E-state index contributed by atoms with van der Waals surface area (Å²) in [7, 11) is 0. The van der Waals surface area contributed by atoms with Crippen molar-refractivity contribution in [3.8, 4) is 5.75 Å². The molecule has 35 heavy (non-hydrogen) atoms. The number of amides is 2. The maximum Gasteiger partial charge on any atom is 0.251 e. The largest absolute Gasteiger partial charge is 0.492 e. The highest BCUT2D eigenvalue weighted by atomic mass is 16.5. The van der Waals surface area contributed by atoms with Crippen molar-refractivity contribution in [2.24, 2.45) is 0 Å². The Balaban J connectivity index is 1.63. The number of piperidine rings is 1. The summed E-state index contributed by atoms with van der Waals surface area (Å²) in [6.45, 7) is 9.47. The number of carbonyl (C=O) groups excluding carboxylic acids is 2. The molecule has 0 unspecified atom stereocenters. The molecule has 2 amide bonds. The number of benzene rings is 2. The Morgan fingerprint density at radius 3 is 2.23 bits per heavy atom. The van der Waals surface area contributed by atoms with Gasteiger partial charge in [0.25, 0.3) is 5.91 Å². The molecule has 0 bridgehead atoms. The normalized spacial score (nSPS) is 14.8. The Kier molecular flexibility index (Phi) is 11.1. The minimum Gasteiger partial charge on any atom is -0.492 e. The fourth-order valence-electron chi connectivity index (χ4n) is 4.56. The van der Waals surface area contributed by atoms with Gasteiger partial charge in [-0.25, -0.2) is 0 Å². The lowest BCUT2D eigenvalue weighted by molar-refractivity contribution is -0.133. The number of hydrogen-bond donors (Lipinski definition) is 1. The fraction of sp³-hybridized carbons (Fsp3) is 0.517. The van der Waals surface area contributed by atoms with Gasteiger partial charge >= 0.3 is 0 Å². The molecule has 1 atom stereocenters. The zero-order valence-electron chi connectivity index (χ0n) is 21.4. The standard InChI is InChI=1S/C29H41N3O3/c1-3-17-32(18-4-2)29(34)27(30-28(33)25-11-7-5-8-12-25)23-24-13-15-26(16-14-24)35-22-21-31-19-9-6-10-20-31/h5,7-8,11-16,27H,3-4,6,9-10,17-23H2,1-2H3,(H,30,33)/t27-/m0/s1. The van der Waals surface area contributed by atoms with Gasteiger partial charge in [0.15, 0.2) is 0 Å². The van der Waals surface area contributed by atoms with Gasteiger partial charge in [0, 0.05) is 31.6 Å². The monoisotopic (exact) mass is 479 g/mol. The van der Waals surface area contributed by atoms with E-state index in [0.29, 0.717) is 31.7 Å². The van der Waals surface area contributed by atoms with Crippen molar-refractivity contribution in [1.82, 2.24) is 15.1 Å². The molecule has 1 aliphatic heterocycles. The van der Waals surface area contributed by atoms with Crippen molar-refractivity contribution in [2.45, 2.75) is 58.4 Å². The van der Waals surface area contributed by atoms with Gasteiger partial charge in [-0.05, 0) is 68.6 Å². The van der Waals surface area contributed by atoms with E-state index >= 15 is 0 Å². The molecule has 1 heterocycles. The third-order valence-corrected chi connectivity index (χ3v) is 6.43. The van der Waals surface area contributed by atoms with Gasteiger partial charge in [-0.15, -0.1) is 0 Å². The van der Waals surface area contributed by atoms with E-state index in [0.717, 1.165) is 30.7 Å². The van der Waals surface area contributed by atoms with Crippen LogP contribution in [0.5, 0.6) is 5.75 Å². The third kappa shape index (κ3) is 8.70. The lowest BCUT2D eigenvalue weighted by Crippen LogP contribution is -2.50. The number of nitrogens with one attached hydrogen (secondary N) is 1. The van der Waals surface area contributed by atoms with Crippen LogP contribution in [0.3, 0.4) is 0 Å². The van der Waals surface area contributed by atoms with Crippen LogP contribution >= 0.6 is 0 Å². The van der Waals surface area contributed by atoms with Gasteiger partial charge in [0.1, 0.15) is 18.4 Å². The van der Waals surface area contributed by atoms with E-state index in [1.165, 1.54) is 32.4 Å². The third-order valence-electron chi connectivity index (χ3n) is 6.43. The summed E-state index contributed by atoms with van der Waals surface area (Å²) in [5.74, 6) is 0.579. The molecule has 6 heteroatoms. The fourth-order valence-corrected chi connectivity index (χ4v) is 4.56. The molecular formula is C29H41N3O3. The number of carbonyl (C=O) groups is 2. The van der Waals surface area contributed by atoms with Crippen LogP contribution in [0, 0.1) is 0 Å². The van der Waals surface area contributed by atoms with Crippen LogP contribution < -0.4 is 10.1 Å². The maximum atomic E-state index is 13.4. The second-order valence-corrected chi connectivity index (χ2v) is 9.32. The Hall–Kier alpha value is -2.86. The van der Waals surface area contributed by atoms with Crippen LogP contribution in [0.25, 0.3) is 0 Å². The smallest absolute Gasteiger partial charge is 0.251 e. The van der Waals surface area contributed by atoms with Crippen LogP contribution in [0.4, 0.5) is 0 Å². The molecule has 1 saturated heterocycles. The Morgan fingerprint density at radius 1 is 0.943 bits per heavy atom. The van der Waals surface area contributed by atoms with E-state index in [9.17, 15) is 9.59 Å². The van der Waals surface area contributed by atoms with Crippen LogP contribution in [0.15, 0.2) is 54.6 Å². The van der Waals surface area contributed by atoms with Crippen LogP contribution in [-0.4, -0.2) is 67.0 Å². The number of rotatable bonds is 13. The minimum atomic E-state index is -0.619. The molecule has 0 radical (unpaired) electrons. The highest BCUT2D eigenvalue weighted by Crippen LogP contribution is 2.16. The first kappa shape index (κ1) is 26.7. The van der Waals surface area contributed by atoms with Gasteiger partial charge in [-0.2, -0.15) is 0 Å². The molecule has 0 aromatic heterocycles. The lowest BCUT2D eigenvalue weighted by Gasteiger charge is -2.28. The van der Waals surface area contributed by atoms with Crippen LogP contribution in [-0.2, 0) is 11.2 Å². The predicted molar refractivity (Wildman–Crippen MR) is 141 cm³/mol. The highest BCUT2D eigenvalue weighted by Gasteiger charge is 2.26. The number of nitrogens with zero attached hydrogens (tertiary/aromatic N) is 2. The molecule has 6 nitrogen and oxygen atoms in total. The van der Waals surface area contributed by atoms with E-state index in [2.05, 4.69) is 24.1 Å². The zero-order chi connectivity index (χ0) is 24.9. The molecule has 1 aliphatic rings. The van der Waals surface area contributed by atoms with Crippen molar-refractivity contribution in [3.63, 3.8) is 0 Å². The molecular weight excluding hydrogens is 438 g/mol. The van der Waals surface area contributed by atoms with Crippen molar-refractivity contribution in [3.05, 3.63) is 65.7 Å². The summed E-state index contributed by atoms with van der Waals surface area (Å²) in [5.41, 5.74) is 1.55. The van der Waals surface area contributed by atoms with Crippen LogP contribution in [0.1, 0.15) is 61.9 Å². The summed E-state index contributed by atoms with van der Waals surface area (Å²) in [6, 6.07) is 16.4. The molecule has 1 N–H and O–H groups in total. The Labute approximate surface area is 210 Å². The predicted octanol–water partition coefficient (Wildman–Crippen LogP) is 4.54. The first-order chi connectivity index (χ1) is 17.1. The van der Waals surface area contributed by atoms with Gasteiger partial charge in [0.2, 0.25) is 5.91 Å². The van der Waals surface area contributed by atoms with Crippen LogP contribution in [0.2, 0.25) is 0 Å². The van der Waals surface area contributed by atoms with Crippen molar-refractivity contribution >= 4 is 11.8 Å². The number of ether oxygens (including phenoxy) is 1. The topological polar surface area (TPSA) is 61.9 Å². The molecule has 0 saturated carbocycles. The SMILES string of the molecule is CCCN(CCC)C(=O)[C@H](Cc1ccc(OCCN2CCCCC2)cc1)NC(=O)c1ccccc1. The van der Waals surface area contributed by atoms with Gasteiger partial charge < -0.3 is 15.0 Å². The first-order valence-corrected chi connectivity index (χ1v) is 13.2. The summed E-state index contributed by atoms with van der Waals surface area (Å²) in [5, 5.41) is 3.00. The van der Waals surface area contributed by atoms with Crippen molar-refractivity contribution in [1.29, 1.82) is 0 Å². The van der Waals surface area contributed by atoms with Gasteiger partial charge in [0.05, 0.1) is 0 Å². The van der Waals surface area contributed by atoms with Gasteiger partial charge in [-0.3, -0.25) is 14.5 Å². The summed E-state index contributed by atoms with van der Waals surface area (Å²) in [6.07, 6.45) is 6.11. The Morgan fingerprint density at radius 2 is 1.60 bits per heavy atom. The van der Waals surface area contributed by atoms with E-state index in [1.807, 2.05) is 47.4 Å². The maximum absolute atomic E-state index is 13.4. The first-order valence-electron chi connectivity index (χ1n) is 13.2. The van der Waals surface area contributed by atoms with Crippen molar-refractivity contribution in [2.75, 3.05) is 39.3 Å². The summed E-state index contributed by atoms with van der Waals surface area (Å²) in [4.78, 5) is 30.6. The molecule has 2 aromatic rings. The van der Waals surface area contributed by atoms with E-state index in [1.54, 1.807) is 12.1 Å². The van der Waals surface area contributed by atoms with Crippen molar-refractivity contribution < 1.29 is 14.3 Å². The molecule has 0 spiro atoms. The lowest BCUT2D eigenvalue weighted by atomic mass is 10.0. The molecule has 3 rings (SSSR count). The van der Waals surface area contributed by atoms with E-state index in [4.69, 9.17) is 4.74 Å². The highest BCUT2D eigenvalue weighted by molar-refractivity contribution is 5.97. The number of likely N-dealkylation sites (tertiary alicyclic amines) is 1. The molecule has 0 aliphatic carbocycles.